The molecule has 0 aromatic heterocycles. The molecule has 0 spiro atoms. The zero-order valence-corrected chi connectivity index (χ0v) is 14.0. The Morgan fingerprint density at radius 3 is 2.54 bits per heavy atom. The molecule has 1 saturated heterocycles. The van der Waals surface area contributed by atoms with E-state index in [4.69, 9.17) is 9.47 Å². The van der Waals surface area contributed by atoms with Crippen LogP contribution in [0.1, 0.15) is 24.0 Å². The monoisotopic (exact) mass is 325 g/mol. The number of hydrogen-bond acceptors (Lipinski definition) is 4. The standard InChI is InChI=1S/C20H23NO3/c1-23-18-11-9-17(10-12-18)15-24-20(22)19-8-5-13-21(19)14-16-6-3-2-4-7-16/h2-4,6-7,9-12,19H,5,8,13-15H2,1H3/t19-/m0/s1. The second-order valence-electron chi connectivity index (χ2n) is 6.07. The number of hydrogen-bond donors (Lipinski definition) is 0. The lowest BCUT2D eigenvalue weighted by Gasteiger charge is -2.23. The van der Waals surface area contributed by atoms with E-state index in [-0.39, 0.29) is 12.0 Å². The molecule has 1 heterocycles. The lowest BCUT2D eigenvalue weighted by molar-refractivity contribution is -0.150. The van der Waals surface area contributed by atoms with Crippen LogP contribution in [0.3, 0.4) is 0 Å². The summed E-state index contributed by atoms with van der Waals surface area (Å²) in [7, 11) is 1.64. The summed E-state index contributed by atoms with van der Waals surface area (Å²) in [5.74, 6) is 0.675. The summed E-state index contributed by atoms with van der Waals surface area (Å²) in [6.45, 7) is 2.04. The van der Waals surface area contributed by atoms with E-state index in [1.165, 1.54) is 5.56 Å². The van der Waals surface area contributed by atoms with Crippen LogP contribution in [0, 0.1) is 0 Å². The maximum Gasteiger partial charge on any atom is 0.323 e. The topological polar surface area (TPSA) is 38.8 Å². The summed E-state index contributed by atoms with van der Waals surface area (Å²) >= 11 is 0. The third kappa shape index (κ3) is 4.15. The summed E-state index contributed by atoms with van der Waals surface area (Å²) in [6.07, 6.45) is 1.91. The Balaban J connectivity index is 1.55. The highest BCUT2D eigenvalue weighted by molar-refractivity contribution is 5.76. The van der Waals surface area contributed by atoms with Crippen molar-refractivity contribution in [2.75, 3.05) is 13.7 Å². The summed E-state index contributed by atoms with van der Waals surface area (Å²) in [5.41, 5.74) is 2.20. The highest BCUT2D eigenvalue weighted by Crippen LogP contribution is 2.22. The summed E-state index contributed by atoms with van der Waals surface area (Å²) in [4.78, 5) is 14.7. The molecule has 0 amide bonds. The Kier molecular flexibility index (Phi) is 5.49. The van der Waals surface area contributed by atoms with E-state index in [2.05, 4.69) is 17.0 Å². The number of carbonyl (C=O) groups is 1. The number of likely N-dealkylation sites (tertiary alicyclic amines) is 1. The highest BCUT2D eigenvalue weighted by atomic mass is 16.5. The quantitative estimate of drug-likeness (QED) is 0.763. The van der Waals surface area contributed by atoms with Gasteiger partial charge < -0.3 is 9.47 Å². The predicted octanol–water partition coefficient (Wildman–Crippen LogP) is 3.40. The van der Waals surface area contributed by atoms with Crippen molar-refractivity contribution in [1.82, 2.24) is 4.90 Å². The second-order valence-corrected chi connectivity index (χ2v) is 6.07. The predicted molar refractivity (Wildman–Crippen MR) is 92.7 cm³/mol. The molecular weight excluding hydrogens is 302 g/mol. The molecule has 3 rings (SSSR count). The highest BCUT2D eigenvalue weighted by Gasteiger charge is 2.31. The molecule has 4 nitrogen and oxygen atoms in total. The minimum atomic E-state index is -0.136. The van der Waals surface area contributed by atoms with Crippen LogP contribution >= 0.6 is 0 Å². The van der Waals surface area contributed by atoms with Gasteiger partial charge in [0.15, 0.2) is 0 Å². The molecule has 2 aromatic rings. The molecule has 0 radical (unpaired) electrons. The maximum absolute atomic E-state index is 12.5. The zero-order valence-electron chi connectivity index (χ0n) is 14.0. The molecule has 0 aliphatic carbocycles. The van der Waals surface area contributed by atoms with Gasteiger partial charge in [-0.1, -0.05) is 42.5 Å². The molecule has 1 atom stereocenters. The first-order chi connectivity index (χ1) is 11.8. The molecule has 24 heavy (non-hydrogen) atoms. The van der Waals surface area contributed by atoms with Gasteiger partial charge in [-0.25, -0.2) is 0 Å². The molecule has 0 saturated carbocycles. The van der Waals surface area contributed by atoms with Crippen LogP contribution in [-0.2, 0) is 22.7 Å². The third-order valence-electron chi connectivity index (χ3n) is 4.40. The van der Waals surface area contributed by atoms with Gasteiger partial charge in [0.05, 0.1) is 7.11 Å². The number of ether oxygens (including phenoxy) is 2. The van der Waals surface area contributed by atoms with E-state index < -0.39 is 0 Å². The van der Waals surface area contributed by atoms with Crippen LogP contribution in [0.25, 0.3) is 0 Å². The minimum absolute atomic E-state index is 0.126. The van der Waals surface area contributed by atoms with Gasteiger partial charge in [0.2, 0.25) is 0 Å². The van der Waals surface area contributed by atoms with E-state index in [1.807, 2.05) is 42.5 Å². The molecule has 1 aliphatic rings. The van der Waals surface area contributed by atoms with Crippen LogP contribution in [-0.4, -0.2) is 30.6 Å². The molecular formula is C20H23NO3. The van der Waals surface area contributed by atoms with Crippen molar-refractivity contribution >= 4 is 5.97 Å². The first-order valence-electron chi connectivity index (χ1n) is 8.34. The summed E-state index contributed by atoms with van der Waals surface area (Å²) in [5, 5.41) is 0. The molecule has 126 valence electrons. The van der Waals surface area contributed by atoms with Crippen LogP contribution in [0.4, 0.5) is 0 Å². The zero-order chi connectivity index (χ0) is 16.8. The largest absolute Gasteiger partial charge is 0.497 e. The van der Waals surface area contributed by atoms with Crippen molar-refractivity contribution in [3.8, 4) is 5.75 Å². The van der Waals surface area contributed by atoms with Gasteiger partial charge in [0.25, 0.3) is 0 Å². The summed E-state index contributed by atoms with van der Waals surface area (Å²) in [6, 6.07) is 17.7. The Hall–Kier alpha value is -2.33. The third-order valence-corrected chi connectivity index (χ3v) is 4.40. The fraction of sp³-hybridized carbons (Fsp3) is 0.350. The van der Waals surface area contributed by atoms with E-state index in [9.17, 15) is 4.79 Å². The van der Waals surface area contributed by atoms with Crippen molar-refractivity contribution in [3.05, 3.63) is 65.7 Å². The van der Waals surface area contributed by atoms with E-state index in [1.54, 1.807) is 7.11 Å². The van der Waals surface area contributed by atoms with Gasteiger partial charge in [0.1, 0.15) is 18.4 Å². The van der Waals surface area contributed by atoms with Gasteiger partial charge >= 0.3 is 5.97 Å². The molecule has 2 aromatic carbocycles. The number of nitrogens with zero attached hydrogens (tertiary/aromatic N) is 1. The van der Waals surface area contributed by atoms with Gasteiger partial charge in [-0.15, -0.1) is 0 Å². The number of esters is 1. The average Bonchev–Trinajstić information content (AvgIpc) is 3.09. The average molecular weight is 325 g/mol. The number of benzene rings is 2. The van der Waals surface area contributed by atoms with Gasteiger partial charge in [-0.05, 0) is 42.6 Å². The SMILES string of the molecule is COc1ccc(COC(=O)[C@@H]2CCCN2Cc2ccccc2)cc1. The van der Waals surface area contributed by atoms with Crippen molar-refractivity contribution in [3.63, 3.8) is 0 Å². The molecule has 4 heteroatoms. The lowest BCUT2D eigenvalue weighted by atomic mass is 10.2. The maximum atomic E-state index is 12.5. The van der Waals surface area contributed by atoms with Crippen LogP contribution < -0.4 is 4.74 Å². The molecule has 1 fully saturated rings. The van der Waals surface area contributed by atoms with E-state index >= 15 is 0 Å². The fourth-order valence-electron chi connectivity index (χ4n) is 3.07. The summed E-state index contributed by atoms with van der Waals surface area (Å²) < 4.78 is 10.7. The first-order valence-corrected chi connectivity index (χ1v) is 8.34. The Bertz CT molecular complexity index is 654. The normalized spacial score (nSPS) is 17.6. The van der Waals surface area contributed by atoms with Crippen molar-refractivity contribution < 1.29 is 14.3 Å². The van der Waals surface area contributed by atoms with Crippen LogP contribution in [0.5, 0.6) is 5.75 Å². The number of rotatable bonds is 6. The molecule has 1 aliphatic heterocycles. The van der Waals surface area contributed by atoms with E-state index in [0.717, 1.165) is 37.2 Å². The Morgan fingerprint density at radius 2 is 1.83 bits per heavy atom. The van der Waals surface area contributed by atoms with E-state index in [0.29, 0.717) is 6.61 Å². The number of carbonyl (C=O) groups excluding carboxylic acids is 1. The van der Waals surface area contributed by atoms with Crippen molar-refractivity contribution in [2.45, 2.75) is 32.0 Å². The molecule has 0 bridgehead atoms. The Labute approximate surface area is 143 Å². The van der Waals surface area contributed by atoms with Crippen LogP contribution in [0.2, 0.25) is 0 Å². The van der Waals surface area contributed by atoms with Gasteiger partial charge in [-0.2, -0.15) is 0 Å². The first kappa shape index (κ1) is 16.5. The smallest absolute Gasteiger partial charge is 0.323 e. The van der Waals surface area contributed by atoms with Gasteiger partial charge in [-0.3, -0.25) is 9.69 Å². The van der Waals surface area contributed by atoms with Gasteiger partial charge in [0, 0.05) is 6.54 Å². The second kappa shape index (κ2) is 7.97. The minimum Gasteiger partial charge on any atom is -0.497 e. The molecule has 0 N–H and O–H groups in total. The lowest BCUT2D eigenvalue weighted by Crippen LogP contribution is -2.36. The van der Waals surface area contributed by atoms with Crippen LogP contribution in [0.15, 0.2) is 54.6 Å². The molecule has 0 unspecified atom stereocenters. The van der Waals surface area contributed by atoms with Crippen molar-refractivity contribution in [1.29, 1.82) is 0 Å². The van der Waals surface area contributed by atoms with Crippen molar-refractivity contribution in [2.24, 2.45) is 0 Å². The Morgan fingerprint density at radius 1 is 1.08 bits per heavy atom. The fourth-order valence-corrected chi connectivity index (χ4v) is 3.07. The number of methoxy groups -OCH3 is 1.